The summed E-state index contributed by atoms with van der Waals surface area (Å²) in [5.74, 6) is 0.296. The lowest BCUT2D eigenvalue weighted by molar-refractivity contribution is -0.123. The van der Waals surface area contributed by atoms with Crippen molar-refractivity contribution < 1.29 is 9.53 Å². The Hall–Kier alpha value is -2.23. The molecule has 0 radical (unpaired) electrons. The molecule has 0 unspecified atom stereocenters. The molecule has 1 saturated heterocycles. The largest absolute Gasteiger partial charge is 0.382 e. The molecule has 0 saturated carbocycles. The molecule has 3 heterocycles. The summed E-state index contributed by atoms with van der Waals surface area (Å²) in [6, 6.07) is 3.73. The molecular weight excluding hydrogens is 432 g/mol. The fraction of sp³-hybridized carbons (Fsp3) is 0.455. The molecule has 2 aromatic heterocycles. The normalized spacial score (nSPS) is 16.5. The lowest BCUT2D eigenvalue weighted by Gasteiger charge is -2.21. The topological polar surface area (TPSA) is 75.9 Å². The fourth-order valence-electron chi connectivity index (χ4n) is 3.28. The summed E-state index contributed by atoms with van der Waals surface area (Å²) < 4.78 is 7.42. The first-order chi connectivity index (χ1) is 14.9. The molecule has 166 valence electrons. The number of thiocarbonyl (C=S) groups is 1. The van der Waals surface area contributed by atoms with Gasteiger partial charge in [-0.3, -0.25) is 18.9 Å². The molecule has 0 aromatic carbocycles. The van der Waals surface area contributed by atoms with Crippen molar-refractivity contribution in [3.8, 4) is 0 Å². The van der Waals surface area contributed by atoms with E-state index in [1.165, 1.54) is 16.2 Å². The summed E-state index contributed by atoms with van der Waals surface area (Å²) in [5, 5.41) is 3.26. The average Bonchev–Trinajstić information content (AvgIpc) is 3.03. The van der Waals surface area contributed by atoms with Crippen LogP contribution in [0.1, 0.15) is 44.7 Å². The number of nitrogens with one attached hydrogen (secondary N) is 1. The number of nitrogens with zero attached hydrogens (tertiary/aromatic N) is 3. The maximum atomic E-state index is 13.3. The number of hydrogen-bond acceptors (Lipinski definition) is 7. The van der Waals surface area contributed by atoms with E-state index in [2.05, 4.69) is 5.32 Å². The standard InChI is InChI=1S/C22H28N4O3S2/c1-5-15(4)26-21(28)17(31-22(26)30)13-16-18(23-10-8-12-29-6-2)24-19-14(3)9-7-11-25(19)20(16)27/h7,9,11,13,15,23H,5-6,8,10,12H2,1-4H3/b17-13-/t15-/m1/s1. The van der Waals surface area contributed by atoms with Crippen molar-refractivity contribution in [1.29, 1.82) is 0 Å². The van der Waals surface area contributed by atoms with E-state index in [9.17, 15) is 9.59 Å². The Balaban J connectivity index is 2.03. The van der Waals surface area contributed by atoms with Crippen LogP contribution in [0.2, 0.25) is 0 Å². The Labute approximate surface area is 191 Å². The van der Waals surface area contributed by atoms with E-state index in [1.54, 1.807) is 17.2 Å². The number of thioether (sulfide) groups is 1. The summed E-state index contributed by atoms with van der Waals surface area (Å²) in [6.45, 7) is 9.74. The molecule has 1 aliphatic heterocycles. The Kier molecular flexibility index (Phi) is 7.85. The molecule has 2 aromatic rings. The Morgan fingerprint density at radius 3 is 2.84 bits per heavy atom. The number of ether oxygens (including phenoxy) is 1. The number of hydrogen-bond donors (Lipinski definition) is 1. The van der Waals surface area contributed by atoms with E-state index in [-0.39, 0.29) is 17.5 Å². The second-order valence-electron chi connectivity index (χ2n) is 7.35. The molecule has 7 nitrogen and oxygen atoms in total. The van der Waals surface area contributed by atoms with Crippen molar-refractivity contribution in [3.05, 3.63) is 44.7 Å². The van der Waals surface area contributed by atoms with Gasteiger partial charge in [-0.05, 0) is 51.3 Å². The first-order valence-electron chi connectivity index (χ1n) is 10.5. The van der Waals surface area contributed by atoms with Crippen molar-refractivity contribution in [2.24, 2.45) is 0 Å². The monoisotopic (exact) mass is 460 g/mol. The van der Waals surface area contributed by atoms with Gasteiger partial charge < -0.3 is 10.1 Å². The van der Waals surface area contributed by atoms with Gasteiger partial charge in [-0.2, -0.15) is 0 Å². The third-order valence-electron chi connectivity index (χ3n) is 5.18. The molecule has 31 heavy (non-hydrogen) atoms. The smallest absolute Gasteiger partial charge is 0.267 e. The third-order valence-corrected chi connectivity index (χ3v) is 6.51. The number of aryl methyl sites for hydroxylation is 1. The first kappa shape index (κ1) is 23.4. The molecule has 1 amide bonds. The fourth-order valence-corrected chi connectivity index (χ4v) is 4.72. The minimum atomic E-state index is -0.227. The number of carbonyl (C=O) groups is 1. The van der Waals surface area contributed by atoms with E-state index in [4.69, 9.17) is 21.9 Å². The second kappa shape index (κ2) is 10.4. The van der Waals surface area contributed by atoms with Crippen LogP contribution in [0.15, 0.2) is 28.0 Å². The van der Waals surface area contributed by atoms with E-state index in [0.717, 1.165) is 18.4 Å². The second-order valence-corrected chi connectivity index (χ2v) is 9.03. The highest BCUT2D eigenvalue weighted by molar-refractivity contribution is 8.26. The number of amides is 1. The Morgan fingerprint density at radius 1 is 1.35 bits per heavy atom. The van der Waals surface area contributed by atoms with Crippen LogP contribution in [0, 0.1) is 6.92 Å². The van der Waals surface area contributed by atoms with E-state index in [1.807, 2.05) is 39.8 Å². The van der Waals surface area contributed by atoms with Crippen LogP contribution < -0.4 is 10.9 Å². The molecule has 1 N–H and O–H groups in total. The number of carbonyl (C=O) groups excluding carboxylic acids is 1. The van der Waals surface area contributed by atoms with Gasteiger partial charge in [-0.15, -0.1) is 0 Å². The van der Waals surface area contributed by atoms with Gasteiger partial charge in [0.25, 0.3) is 11.5 Å². The maximum absolute atomic E-state index is 13.3. The molecule has 0 bridgehead atoms. The number of fused-ring (bicyclic) bond motifs is 1. The van der Waals surface area contributed by atoms with E-state index >= 15 is 0 Å². The molecule has 1 atom stereocenters. The van der Waals surface area contributed by atoms with E-state index in [0.29, 0.717) is 46.0 Å². The van der Waals surface area contributed by atoms with Crippen molar-refractivity contribution in [2.45, 2.75) is 46.6 Å². The molecule has 0 spiro atoms. The summed E-state index contributed by atoms with van der Waals surface area (Å²) in [6.07, 6.45) is 4.89. The Bertz CT molecular complexity index is 1080. The molecule has 1 aliphatic rings. The number of anilines is 1. The predicted octanol–water partition coefficient (Wildman–Crippen LogP) is 3.84. The van der Waals surface area contributed by atoms with Gasteiger partial charge >= 0.3 is 0 Å². The zero-order chi connectivity index (χ0) is 22.5. The zero-order valence-corrected chi connectivity index (χ0v) is 19.9. The highest BCUT2D eigenvalue weighted by Gasteiger charge is 2.35. The average molecular weight is 461 g/mol. The van der Waals surface area contributed by atoms with E-state index < -0.39 is 0 Å². The minimum absolute atomic E-state index is 0.00744. The van der Waals surface area contributed by atoms with Gasteiger partial charge in [-0.1, -0.05) is 37.0 Å². The molecule has 0 aliphatic carbocycles. The Morgan fingerprint density at radius 2 is 2.13 bits per heavy atom. The van der Waals surface area contributed by atoms with Gasteiger partial charge in [0.2, 0.25) is 0 Å². The van der Waals surface area contributed by atoms with Gasteiger partial charge in [0, 0.05) is 32.0 Å². The van der Waals surface area contributed by atoms with Crippen LogP contribution in [0.4, 0.5) is 5.82 Å². The minimum Gasteiger partial charge on any atom is -0.382 e. The van der Waals surface area contributed by atoms with Crippen LogP contribution in [0.25, 0.3) is 11.7 Å². The van der Waals surface area contributed by atoms with Crippen molar-refractivity contribution in [2.75, 3.05) is 25.1 Å². The van der Waals surface area contributed by atoms with Crippen LogP contribution in [0.5, 0.6) is 0 Å². The summed E-state index contributed by atoms with van der Waals surface area (Å²) >= 11 is 6.65. The third kappa shape index (κ3) is 4.99. The number of pyridine rings is 1. The van der Waals surface area contributed by atoms with Gasteiger partial charge in [0.15, 0.2) is 0 Å². The summed E-state index contributed by atoms with van der Waals surface area (Å²) in [4.78, 5) is 33.1. The molecule has 3 rings (SSSR count). The quantitative estimate of drug-likeness (QED) is 0.346. The van der Waals surface area contributed by atoms with Crippen LogP contribution in [0.3, 0.4) is 0 Å². The van der Waals surface area contributed by atoms with Crippen LogP contribution in [-0.4, -0.2) is 50.3 Å². The highest BCUT2D eigenvalue weighted by Crippen LogP contribution is 2.34. The highest BCUT2D eigenvalue weighted by atomic mass is 32.2. The maximum Gasteiger partial charge on any atom is 0.267 e. The van der Waals surface area contributed by atoms with Crippen molar-refractivity contribution >= 4 is 51.7 Å². The van der Waals surface area contributed by atoms with Gasteiger partial charge in [0.1, 0.15) is 15.8 Å². The summed E-state index contributed by atoms with van der Waals surface area (Å²) in [5.41, 5.74) is 1.61. The summed E-state index contributed by atoms with van der Waals surface area (Å²) in [7, 11) is 0. The molecule has 9 heteroatoms. The first-order valence-corrected chi connectivity index (χ1v) is 11.7. The van der Waals surface area contributed by atoms with Crippen molar-refractivity contribution in [1.82, 2.24) is 14.3 Å². The SMILES string of the molecule is CCOCCCNc1nc2c(C)cccn2c(=O)c1/C=C1\SC(=S)N([C@H](C)CC)C1=O. The lowest BCUT2D eigenvalue weighted by Crippen LogP contribution is -2.36. The van der Waals surface area contributed by atoms with Gasteiger partial charge in [-0.25, -0.2) is 4.98 Å². The lowest BCUT2D eigenvalue weighted by atomic mass is 10.2. The molecular formula is C22H28N4O3S2. The number of aromatic nitrogens is 2. The van der Waals surface area contributed by atoms with Crippen LogP contribution in [-0.2, 0) is 9.53 Å². The van der Waals surface area contributed by atoms with Crippen molar-refractivity contribution in [3.63, 3.8) is 0 Å². The van der Waals surface area contributed by atoms with Gasteiger partial charge in [0.05, 0.1) is 10.5 Å². The molecule has 1 fully saturated rings. The van der Waals surface area contributed by atoms with Crippen LogP contribution >= 0.6 is 24.0 Å². The zero-order valence-electron chi connectivity index (χ0n) is 18.3. The predicted molar refractivity (Wildman–Crippen MR) is 131 cm³/mol. The number of rotatable bonds is 9.